The first-order valence-electron chi connectivity index (χ1n) is 13.7. The molecular formula is C29H30BrClF3N5O4. The smallest absolute Gasteiger partial charge is 0.416 e. The number of ether oxygens (including phenoxy) is 1. The molecule has 9 nitrogen and oxygen atoms in total. The molecule has 1 aliphatic carbocycles. The highest BCUT2D eigenvalue weighted by Gasteiger charge is 2.49. The number of halogens is 5. The highest BCUT2D eigenvalue weighted by molar-refractivity contribution is 9.10. The van der Waals surface area contributed by atoms with Gasteiger partial charge in [0, 0.05) is 29.8 Å². The van der Waals surface area contributed by atoms with Gasteiger partial charge in [0.1, 0.15) is 16.7 Å². The zero-order chi connectivity index (χ0) is 31.5. The van der Waals surface area contributed by atoms with Crippen LogP contribution in [-0.2, 0) is 27.7 Å². The SMILES string of the molecule is CC1CC2(CCN(C(=O)OC(C)(C)C)CC2)c2c1n(CC(=O)Nc1ccc(C(F)(F)F)cc1Cl)c1ncc(Br)nc1c2=O. The van der Waals surface area contributed by atoms with Crippen LogP contribution in [0, 0.1) is 0 Å². The molecule has 1 atom stereocenters. The van der Waals surface area contributed by atoms with Crippen LogP contribution >= 0.6 is 27.5 Å². The second kappa shape index (κ2) is 11.1. The second-order valence-electron chi connectivity index (χ2n) is 12.1. The molecular weight excluding hydrogens is 655 g/mol. The van der Waals surface area contributed by atoms with Gasteiger partial charge in [-0.2, -0.15) is 13.2 Å². The Hall–Kier alpha value is -3.19. The Balaban J connectivity index is 1.51. The fraction of sp³-hybridized carbons (Fsp3) is 0.483. The summed E-state index contributed by atoms with van der Waals surface area (Å²) in [6.45, 7) is 7.91. The van der Waals surface area contributed by atoms with Gasteiger partial charge in [-0.1, -0.05) is 18.5 Å². The van der Waals surface area contributed by atoms with Crippen molar-refractivity contribution in [3.05, 3.63) is 61.1 Å². The molecule has 1 N–H and O–H groups in total. The lowest BCUT2D eigenvalue weighted by atomic mass is 9.73. The Labute approximate surface area is 258 Å². The highest BCUT2D eigenvalue weighted by Crippen LogP contribution is 2.51. The Morgan fingerprint density at radius 3 is 2.49 bits per heavy atom. The second-order valence-corrected chi connectivity index (χ2v) is 13.4. The number of benzene rings is 1. The lowest BCUT2D eigenvalue weighted by molar-refractivity contribution is -0.137. The lowest BCUT2D eigenvalue weighted by Gasteiger charge is -2.40. The van der Waals surface area contributed by atoms with E-state index in [-0.39, 0.29) is 39.8 Å². The molecule has 3 aromatic rings. The van der Waals surface area contributed by atoms with Gasteiger partial charge < -0.3 is 19.5 Å². The van der Waals surface area contributed by atoms with E-state index in [1.807, 2.05) is 6.92 Å². The van der Waals surface area contributed by atoms with E-state index in [1.54, 1.807) is 30.2 Å². The van der Waals surface area contributed by atoms with Crippen LogP contribution in [0.1, 0.15) is 69.7 Å². The van der Waals surface area contributed by atoms with Crippen molar-refractivity contribution in [2.24, 2.45) is 0 Å². The summed E-state index contributed by atoms with van der Waals surface area (Å²) in [5.74, 6) is -0.695. The predicted molar refractivity (Wildman–Crippen MR) is 158 cm³/mol. The normalized spacial score (nSPS) is 18.2. The number of likely N-dealkylation sites (tertiary alicyclic amines) is 1. The Morgan fingerprint density at radius 2 is 1.88 bits per heavy atom. The summed E-state index contributed by atoms with van der Waals surface area (Å²) in [7, 11) is 0. The van der Waals surface area contributed by atoms with E-state index in [9.17, 15) is 27.6 Å². The van der Waals surface area contributed by atoms with E-state index in [0.717, 1.165) is 18.2 Å². The van der Waals surface area contributed by atoms with E-state index in [1.165, 1.54) is 6.20 Å². The van der Waals surface area contributed by atoms with Gasteiger partial charge in [-0.05, 0) is 80.1 Å². The van der Waals surface area contributed by atoms with Crippen molar-refractivity contribution in [1.29, 1.82) is 0 Å². The Kier molecular flexibility index (Phi) is 8.04. The quantitative estimate of drug-likeness (QED) is 0.332. The fourth-order valence-electron chi connectivity index (χ4n) is 6.19. The van der Waals surface area contributed by atoms with Crippen molar-refractivity contribution in [2.75, 3.05) is 18.4 Å². The molecule has 1 unspecified atom stereocenters. The molecule has 1 saturated heterocycles. The first-order chi connectivity index (χ1) is 20.0. The number of nitrogens with zero attached hydrogens (tertiary/aromatic N) is 4. The number of piperidine rings is 1. The minimum absolute atomic E-state index is 0.0227. The van der Waals surface area contributed by atoms with Crippen LogP contribution in [-0.4, -0.2) is 50.1 Å². The van der Waals surface area contributed by atoms with Crippen molar-refractivity contribution in [3.63, 3.8) is 0 Å². The molecule has 1 fully saturated rings. The van der Waals surface area contributed by atoms with Crippen molar-refractivity contribution >= 4 is 56.4 Å². The summed E-state index contributed by atoms with van der Waals surface area (Å²) < 4.78 is 46.8. The van der Waals surface area contributed by atoms with E-state index in [4.69, 9.17) is 16.3 Å². The lowest BCUT2D eigenvalue weighted by Crippen LogP contribution is -2.47. The number of anilines is 1. The van der Waals surface area contributed by atoms with Gasteiger partial charge in [-0.3, -0.25) is 9.59 Å². The molecule has 2 aliphatic rings. The van der Waals surface area contributed by atoms with Crippen LogP contribution in [0.15, 0.2) is 33.8 Å². The number of carbonyl (C=O) groups is 2. The molecule has 2 aromatic heterocycles. The summed E-state index contributed by atoms with van der Waals surface area (Å²) in [5, 5.41) is 2.33. The maximum absolute atomic E-state index is 14.0. The van der Waals surface area contributed by atoms with Crippen molar-refractivity contribution in [2.45, 2.75) is 76.6 Å². The third-order valence-corrected chi connectivity index (χ3v) is 8.60. The van der Waals surface area contributed by atoms with E-state index >= 15 is 0 Å². The van der Waals surface area contributed by atoms with Gasteiger partial charge >= 0.3 is 12.3 Å². The first-order valence-corrected chi connectivity index (χ1v) is 14.9. The number of carbonyl (C=O) groups excluding carboxylic acids is 2. The molecule has 1 aliphatic heterocycles. The summed E-state index contributed by atoms with van der Waals surface area (Å²) in [6, 6.07) is 2.69. The van der Waals surface area contributed by atoms with Crippen molar-refractivity contribution < 1.29 is 27.5 Å². The average molecular weight is 685 g/mol. The van der Waals surface area contributed by atoms with Gasteiger partial charge in [0.15, 0.2) is 11.2 Å². The van der Waals surface area contributed by atoms with Crippen LogP contribution in [0.4, 0.5) is 23.7 Å². The number of hydrogen-bond acceptors (Lipinski definition) is 6. The van der Waals surface area contributed by atoms with Crippen molar-refractivity contribution in [1.82, 2.24) is 19.4 Å². The topological polar surface area (TPSA) is 106 Å². The molecule has 43 heavy (non-hydrogen) atoms. The monoisotopic (exact) mass is 683 g/mol. The summed E-state index contributed by atoms with van der Waals surface area (Å²) in [5.41, 5.74) is -0.824. The zero-order valence-corrected chi connectivity index (χ0v) is 26.3. The predicted octanol–water partition coefficient (Wildman–Crippen LogP) is 6.64. The van der Waals surface area contributed by atoms with Gasteiger partial charge in [0.05, 0.1) is 22.5 Å². The highest BCUT2D eigenvalue weighted by atomic mass is 79.9. The van der Waals surface area contributed by atoms with Gasteiger partial charge in [-0.15, -0.1) is 0 Å². The van der Waals surface area contributed by atoms with Crippen LogP contribution in [0.3, 0.4) is 0 Å². The number of hydrogen-bond donors (Lipinski definition) is 1. The van der Waals surface area contributed by atoms with Crippen LogP contribution in [0.5, 0.6) is 0 Å². The van der Waals surface area contributed by atoms with Gasteiger partial charge in [-0.25, -0.2) is 14.8 Å². The fourth-order valence-corrected chi connectivity index (χ4v) is 6.70. The molecule has 0 radical (unpaired) electrons. The number of aromatic nitrogens is 3. The molecule has 0 saturated carbocycles. The number of amides is 2. The van der Waals surface area contributed by atoms with E-state index in [2.05, 4.69) is 31.2 Å². The average Bonchev–Trinajstić information content (AvgIpc) is 3.17. The molecule has 1 spiro atoms. The number of rotatable bonds is 3. The molecule has 230 valence electrons. The summed E-state index contributed by atoms with van der Waals surface area (Å²) >= 11 is 9.36. The largest absolute Gasteiger partial charge is 0.444 e. The summed E-state index contributed by atoms with van der Waals surface area (Å²) in [6.07, 6.45) is -1.87. The number of pyridine rings is 1. The number of fused-ring (bicyclic) bond motifs is 3. The van der Waals surface area contributed by atoms with Crippen LogP contribution < -0.4 is 10.7 Å². The van der Waals surface area contributed by atoms with Gasteiger partial charge in [0.25, 0.3) is 0 Å². The van der Waals surface area contributed by atoms with E-state index < -0.39 is 34.8 Å². The Morgan fingerprint density at radius 1 is 1.21 bits per heavy atom. The molecule has 5 rings (SSSR count). The van der Waals surface area contributed by atoms with E-state index in [0.29, 0.717) is 48.2 Å². The maximum atomic E-state index is 14.0. The number of alkyl halides is 3. The maximum Gasteiger partial charge on any atom is 0.416 e. The standard InChI is InChI=1S/C29H30BrClF3N5O4/c1-15-12-28(7-9-38(10-8-28)26(42)43-27(2,3)4)21-23(15)39(25-22(24(21)41)37-19(30)13-35-25)14-20(40)36-18-6-5-16(11-17(18)31)29(32,33)34/h5-6,11,13,15H,7-10,12,14H2,1-4H3,(H,36,40). The van der Waals surface area contributed by atoms with Crippen molar-refractivity contribution in [3.8, 4) is 0 Å². The number of nitrogens with one attached hydrogen (secondary N) is 1. The zero-order valence-electron chi connectivity index (χ0n) is 23.9. The van der Waals surface area contributed by atoms with Gasteiger partial charge in [0.2, 0.25) is 11.3 Å². The molecule has 0 bridgehead atoms. The Bertz CT molecular complexity index is 1680. The van der Waals surface area contributed by atoms with Crippen LogP contribution in [0.25, 0.3) is 11.2 Å². The molecule has 1 aromatic carbocycles. The third-order valence-electron chi connectivity index (χ3n) is 7.91. The minimum Gasteiger partial charge on any atom is -0.444 e. The molecule has 14 heteroatoms. The third kappa shape index (κ3) is 6.11. The molecule has 2 amide bonds. The molecule has 3 heterocycles. The van der Waals surface area contributed by atoms with Crippen LogP contribution in [0.2, 0.25) is 5.02 Å². The minimum atomic E-state index is -4.58. The first kappa shape index (κ1) is 31.2. The summed E-state index contributed by atoms with van der Waals surface area (Å²) in [4.78, 5) is 50.6.